The zero-order valence-electron chi connectivity index (χ0n) is 74.7. The molecule has 20 rings (SSSR count). The van der Waals surface area contributed by atoms with E-state index in [0.29, 0.717) is 139 Å². The highest BCUT2D eigenvalue weighted by Gasteiger charge is 2.34. The number of nitrogens with zero attached hydrogens (tertiary/aromatic N) is 18. The van der Waals surface area contributed by atoms with Crippen molar-refractivity contribution in [2.24, 2.45) is 0 Å². The molecule has 30 nitrogen and oxygen atoms in total. The van der Waals surface area contributed by atoms with Gasteiger partial charge in [-0.3, -0.25) is 53.9 Å². The van der Waals surface area contributed by atoms with Crippen LogP contribution >= 0.6 is 23.2 Å². The zero-order valence-corrected chi connectivity index (χ0v) is 77.1. The first-order valence-corrected chi connectivity index (χ1v) is 44.9. The fourth-order valence-corrected chi connectivity index (χ4v) is 16.2. The molecule has 5 N–H and O–H groups in total. The van der Waals surface area contributed by atoms with Gasteiger partial charge in [-0.1, -0.05) is 41.4 Å². The third kappa shape index (κ3) is 21.8. The van der Waals surface area contributed by atoms with Gasteiger partial charge in [0.15, 0.2) is 15.0 Å². The Balaban J connectivity index is 0.000000127. The molecule has 0 radical (unpaired) electrons. The molecule has 0 saturated carbocycles. The summed E-state index contributed by atoms with van der Waals surface area (Å²) < 4.78 is 137. The normalized spacial score (nSPS) is 11.2. The molecule has 706 valence electrons. The SMILES string of the molecule is Cc1cc(C)c(S(C)(=O)=O)cc1NC(=O)c1cncc2c1cnn2-c1ccc(F)cc1.Cc1ccc(NC(=O)c2cncc3c2cnn3-c2ccc(F)cc2)c(C)n1.Cc1ccc(NC(=O)c2cncc3c2cnn3-c2ccc(F)cc2)c(Cl)n1.Cc1nc(Cl)ccc1NC(=O)c1cncc2c1cnn2-c1ccc(F)cc1.O=C(Nc1ccccc1C(F)(F)F)c1cncc2c1cnn2-c1ccc(F)cc1. The summed E-state index contributed by atoms with van der Waals surface area (Å²) in [6, 6.07) is 47.4. The van der Waals surface area contributed by atoms with E-state index in [4.69, 9.17) is 23.2 Å². The van der Waals surface area contributed by atoms with Gasteiger partial charge in [0, 0.05) is 81.2 Å². The lowest BCUT2D eigenvalue weighted by Crippen LogP contribution is -2.17. The molecular formula is C100H73Cl2F8N23O7S. The molecule has 5 amide bonds. The molecule has 0 aliphatic heterocycles. The van der Waals surface area contributed by atoms with Crippen molar-refractivity contribution in [1.29, 1.82) is 0 Å². The number of alkyl halides is 3. The predicted molar refractivity (Wildman–Crippen MR) is 516 cm³/mol. The summed E-state index contributed by atoms with van der Waals surface area (Å²) in [4.78, 5) is 97.4. The molecule has 0 spiro atoms. The minimum atomic E-state index is -4.61. The molecule has 0 aliphatic rings. The standard InChI is InChI=1S/C22H19FN4O3S.C20H12F4N4O.C20H16FN5O.2C19H13ClFN5O/c1-13-8-14(2)21(31(3,29)30)9-19(13)26-22(28)18-10-24-12-20-17(18)11-25-27(20)16-6-4-15(23)5-7-16;21-12-5-7-13(8-6-12)28-18-11-25-9-15(14(18)10-26-28)19(29)27-17-4-2-1-3-16(17)20(22,23)24;1-12-3-8-18(13(2)24-12)25-20(27)17-9-22-11-19-16(17)10-23-26(19)15-6-4-14(21)5-7-15;1-11-2-7-16(18(20)24-11)25-19(27)15-8-22-10-17-14(15)9-23-26(17)13-5-3-12(21)4-6-13;1-11-16(6-7-18(20)24-11)25-19(27)15-8-22-10-17-14(15)9-23-26(17)13-4-2-12(21)3-5-13/h4-12H,1-3H3,(H,26,28);1-11H,(H,27,29);3-11H,1-2H3,(H,25,27);2*2-10H,1H3,(H,25,27). The summed E-state index contributed by atoms with van der Waals surface area (Å²) in [5.41, 5.74) is 12.7. The van der Waals surface area contributed by atoms with Gasteiger partial charge in [-0.2, -0.15) is 38.7 Å². The van der Waals surface area contributed by atoms with Crippen LogP contribution in [0.5, 0.6) is 0 Å². The van der Waals surface area contributed by atoms with E-state index in [1.54, 1.807) is 168 Å². The summed E-state index contributed by atoms with van der Waals surface area (Å²) >= 11 is 11.9. The summed E-state index contributed by atoms with van der Waals surface area (Å²) in [7, 11) is -3.44. The number of aryl methyl sites for hydroxylation is 6. The Labute approximate surface area is 804 Å². The Morgan fingerprint density at radius 2 is 0.596 bits per heavy atom. The van der Waals surface area contributed by atoms with E-state index in [2.05, 4.69) is 91.9 Å². The van der Waals surface area contributed by atoms with Gasteiger partial charge in [-0.05, 0) is 229 Å². The molecular weight excluding hydrogens is 1890 g/mol. The molecule has 0 aliphatic carbocycles. The Morgan fingerprint density at radius 1 is 0.312 bits per heavy atom. The van der Waals surface area contributed by atoms with Crippen LogP contribution in [0.3, 0.4) is 0 Å². The van der Waals surface area contributed by atoms with E-state index in [-0.39, 0.29) is 67.9 Å². The second-order valence-electron chi connectivity index (χ2n) is 31.4. The lowest BCUT2D eigenvalue weighted by Gasteiger charge is -2.13. The molecule has 0 saturated heterocycles. The summed E-state index contributed by atoms with van der Waals surface area (Å²) in [6.07, 6.45) is 19.2. The van der Waals surface area contributed by atoms with Crippen molar-refractivity contribution in [1.82, 2.24) is 88.8 Å². The third-order valence-electron chi connectivity index (χ3n) is 21.7. The average Bonchev–Trinajstić information content (AvgIpc) is 1.68. The van der Waals surface area contributed by atoms with E-state index in [9.17, 15) is 67.5 Å². The average molecular weight is 1960 g/mol. The van der Waals surface area contributed by atoms with Crippen molar-refractivity contribution in [3.63, 3.8) is 0 Å². The van der Waals surface area contributed by atoms with Crippen molar-refractivity contribution >= 4 is 146 Å². The number of carbonyl (C=O) groups excluding carboxylic acids is 5. The fraction of sp³-hybridized carbons (Fsp3) is 0.0800. The number of fused-ring (bicyclic) bond motifs is 5. The van der Waals surface area contributed by atoms with Crippen LogP contribution in [0.4, 0.5) is 63.6 Å². The predicted octanol–water partition coefficient (Wildman–Crippen LogP) is 20.8. The van der Waals surface area contributed by atoms with Gasteiger partial charge in [-0.15, -0.1) is 0 Å². The number of hydrogen-bond donors (Lipinski definition) is 5. The minimum Gasteiger partial charge on any atom is -0.322 e. The summed E-state index contributed by atoms with van der Waals surface area (Å²) in [6.45, 7) is 10.8. The van der Waals surface area contributed by atoms with Crippen molar-refractivity contribution < 1.29 is 67.5 Å². The van der Waals surface area contributed by atoms with Crippen LogP contribution in [0.1, 0.15) is 91.3 Å². The monoisotopic (exact) mass is 1960 g/mol. The number of rotatable bonds is 16. The number of anilines is 5. The largest absolute Gasteiger partial charge is 0.418 e. The second-order valence-corrected chi connectivity index (χ2v) is 34.2. The zero-order chi connectivity index (χ0) is 99.8. The molecule has 7 aromatic carbocycles. The number of pyridine rings is 8. The number of sulfone groups is 1. The highest BCUT2D eigenvalue weighted by atomic mass is 35.5. The number of halogens is 10. The van der Waals surface area contributed by atoms with Crippen molar-refractivity contribution in [2.45, 2.75) is 52.6 Å². The van der Waals surface area contributed by atoms with Crippen molar-refractivity contribution in [2.75, 3.05) is 32.8 Å². The molecule has 0 atom stereocenters. The van der Waals surface area contributed by atoms with Gasteiger partial charge >= 0.3 is 6.18 Å². The number of para-hydroxylation sites is 1. The molecule has 141 heavy (non-hydrogen) atoms. The van der Waals surface area contributed by atoms with Crippen LogP contribution < -0.4 is 26.6 Å². The number of nitrogens with one attached hydrogen (secondary N) is 5. The number of aromatic nitrogens is 18. The first-order valence-electron chi connectivity index (χ1n) is 42.2. The van der Waals surface area contributed by atoms with E-state index in [1.807, 2.05) is 32.9 Å². The maximum atomic E-state index is 13.2. The van der Waals surface area contributed by atoms with Crippen LogP contribution in [0, 0.1) is 70.6 Å². The maximum Gasteiger partial charge on any atom is 0.418 e. The molecule has 13 heterocycles. The van der Waals surface area contributed by atoms with Crippen LogP contribution in [-0.4, -0.2) is 133 Å². The number of benzene rings is 7. The smallest absolute Gasteiger partial charge is 0.322 e. The van der Waals surface area contributed by atoms with Gasteiger partial charge < -0.3 is 26.6 Å². The Morgan fingerprint density at radius 3 is 0.901 bits per heavy atom. The number of carbonyl (C=O) groups is 5. The molecule has 20 aromatic rings. The van der Waals surface area contributed by atoms with Crippen molar-refractivity contribution in [3.8, 4) is 28.4 Å². The highest BCUT2D eigenvalue weighted by Crippen LogP contribution is 2.37. The van der Waals surface area contributed by atoms with E-state index in [1.165, 1.54) is 145 Å². The van der Waals surface area contributed by atoms with Crippen LogP contribution in [0.2, 0.25) is 10.3 Å². The quantitative estimate of drug-likeness (QED) is 0.0443. The highest BCUT2D eigenvalue weighted by molar-refractivity contribution is 7.90. The molecule has 41 heteroatoms. The Hall–Kier alpha value is -17.6. The summed E-state index contributed by atoms with van der Waals surface area (Å²) in [5, 5.41) is 38.4. The van der Waals surface area contributed by atoms with Gasteiger partial charge in [0.05, 0.1) is 190 Å². The van der Waals surface area contributed by atoms with Crippen LogP contribution in [-0.2, 0) is 16.0 Å². The summed E-state index contributed by atoms with van der Waals surface area (Å²) in [5.74, 6) is -3.96. The molecule has 13 aromatic heterocycles. The topological polar surface area (TPSA) is 372 Å². The minimum absolute atomic E-state index is 0.0628. The van der Waals surface area contributed by atoms with Gasteiger partial charge in [-0.25, -0.2) is 63.7 Å². The fourth-order valence-electron chi connectivity index (χ4n) is 14.8. The first-order chi connectivity index (χ1) is 67.6. The van der Waals surface area contributed by atoms with Gasteiger partial charge in [0.25, 0.3) is 29.5 Å². The van der Waals surface area contributed by atoms with Gasteiger partial charge in [0.1, 0.15) is 34.2 Å². The molecule has 0 fully saturated rings. The van der Waals surface area contributed by atoms with Gasteiger partial charge in [0.2, 0.25) is 0 Å². The van der Waals surface area contributed by atoms with E-state index >= 15 is 0 Å². The number of amides is 5. The molecule has 0 unspecified atom stereocenters. The maximum absolute atomic E-state index is 13.2. The van der Waals surface area contributed by atoms with Crippen LogP contribution in [0.25, 0.3) is 83.0 Å². The Kier molecular flexibility index (Phi) is 28.2. The van der Waals surface area contributed by atoms with Crippen LogP contribution in [0.15, 0.2) is 292 Å². The molecule has 0 bridgehead atoms. The number of hydrogen-bond acceptors (Lipinski definition) is 20. The van der Waals surface area contributed by atoms with Crippen molar-refractivity contribution in [3.05, 3.63) is 394 Å². The third-order valence-corrected chi connectivity index (χ3v) is 23.5. The lowest BCUT2D eigenvalue weighted by molar-refractivity contribution is -0.136. The lowest BCUT2D eigenvalue weighted by atomic mass is 10.1. The second kappa shape index (κ2) is 41.1. The Bertz CT molecular complexity index is 7900. The first kappa shape index (κ1) is 96.5. The van der Waals surface area contributed by atoms with E-state index < -0.39 is 39.2 Å². The van der Waals surface area contributed by atoms with E-state index in [0.717, 1.165) is 35.0 Å².